The molecule has 0 unspecified atom stereocenters. The van der Waals surface area contributed by atoms with Crippen LogP contribution in [0.3, 0.4) is 0 Å². The van der Waals surface area contributed by atoms with Crippen molar-refractivity contribution in [2.45, 2.75) is 26.4 Å². The van der Waals surface area contributed by atoms with E-state index in [0.29, 0.717) is 18.1 Å². The lowest BCUT2D eigenvalue weighted by Crippen LogP contribution is -2.48. The first kappa shape index (κ1) is 17.0. The number of fused-ring (bicyclic) bond motifs is 1. The van der Waals surface area contributed by atoms with Crippen molar-refractivity contribution in [3.8, 4) is 5.75 Å². The van der Waals surface area contributed by atoms with Gasteiger partial charge in [-0.15, -0.1) is 0 Å². The van der Waals surface area contributed by atoms with Crippen LogP contribution < -0.4 is 9.64 Å². The van der Waals surface area contributed by atoms with E-state index in [1.165, 1.54) is 4.90 Å². The molecule has 0 saturated heterocycles. The Morgan fingerprint density at radius 2 is 2.00 bits per heavy atom. The summed E-state index contributed by atoms with van der Waals surface area (Å²) in [5.41, 5.74) is 1.05. The zero-order valence-corrected chi connectivity index (χ0v) is 14.4. The Hall–Kier alpha value is -2.89. The van der Waals surface area contributed by atoms with E-state index < -0.39 is 0 Å². The van der Waals surface area contributed by atoms with Crippen LogP contribution in [-0.2, 0) is 16.1 Å². The highest BCUT2D eigenvalue weighted by Crippen LogP contribution is 2.29. The third-order valence-corrected chi connectivity index (χ3v) is 4.09. The molecule has 3 rings (SSSR count). The number of pyridine rings is 1. The van der Waals surface area contributed by atoms with Crippen LogP contribution in [0.4, 0.5) is 5.82 Å². The second kappa shape index (κ2) is 7.34. The zero-order valence-electron chi connectivity index (χ0n) is 14.4. The monoisotopic (exact) mass is 339 g/mol. The first-order valence-electron chi connectivity index (χ1n) is 8.28. The predicted octanol–water partition coefficient (Wildman–Crippen LogP) is 2.24. The summed E-state index contributed by atoms with van der Waals surface area (Å²) >= 11 is 0. The lowest BCUT2D eigenvalue weighted by Gasteiger charge is -2.32. The minimum absolute atomic E-state index is 0.0204. The third-order valence-electron chi connectivity index (χ3n) is 4.09. The van der Waals surface area contributed by atoms with Crippen LogP contribution in [0.2, 0.25) is 0 Å². The van der Waals surface area contributed by atoms with Crippen LogP contribution in [0.5, 0.6) is 5.75 Å². The highest BCUT2D eigenvalue weighted by atomic mass is 16.5. The molecule has 0 saturated carbocycles. The molecule has 6 nitrogen and oxygen atoms in total. The Morgan fingerprint density at radius 1 is 1.24 bits per heavy atom. The van der Waals surface area contributed by atoms with Gasteiger partial charge in [0.25, 0.3) is 5.91 Å². The average Bonchev–Trinajstić information content (AvgIpc) is 2.62. The zero-order chi connectivity index (χ0) is 17.8. The van der Waals surface area contributed by atoms with Crippen molar-refractivity contribution >= 4 is 17.6 Å². The highest BCUT2D eigenvalue weighted by molar-refractivity contribution is 6.01. The van der Waals surface area contributed by atoms with Gasteiger partial charge in [0.1, 0.15) is 6.54 Å². The molecule has 2 heterocycles. The maximum Gasteiger partial charge on any atom is 0.266 e. The highest BCUT2D eigenvalue weighted by Gasteiger charge is 2.30. The molecule has 1 aliphatic heterocycles. The second-order valence-electron chi connectivity index (χ2n) is 6.19. The van der Waals surface area contributed by atoms with Crippen molar-refractivity contribution in [1.82, 2.24) is 9.88 Å². The van der Waals surface area contributed by atoms with Crippen LogP contribution in [0.25, 0.3) is 0 Å². The van der Waals surface area contributed by atoms with Gasteiger partial charge in [-0.1, -0.05) is 30.3 Å². The molecule has 25 heavy (non-hydrogen) atoms. The summed E-state index contributed by atoms with van der Waals surface area (Å²) in [7, 11) is 0. The number of nitrogens with zero attached hydrogens (tertiary/aromatic N) is 3. The number of aromatic nitrogens is 1. The van der Waals surface area contributed by atoms with E-state index in [4.69, 9.17) is 4.74 Å². The van der Waals surface area contributed by atoms with Gasteiger partial charge in [0.15, 0.2) is 18.2 Å². The molecule has 0 N–H and O–H groups in total. The van der Waals surface area contributed by atoms with Gasteiger partial charge in [-0.2, -0.15) is 0 Å². The fraction of sp³-hybridized carbons (Fsp3) is 0.316. The SMILES string of the molecule is CC(C)N(Cc1ccccc1)C(=O)CN1C(=O)COc2cccnc21. The topological polar surface area (TPSA) is 62.7 Å². The Morgan fingerprint density at radius 3 is 2.72 bits per heavy atom. The number of anilines is 1. The summed E-state index contributed by atoms with van der Waals surface area (Å²) < 4.78 is 5.37. The summed E-state index contributed by atoms with van der Waals surface area (Å²) in [6.45, 7) is 4.32. The van der Waals surface area contributed by atoms with E-state index in [1.807, 2.05) is 44.2 Å². The largest absolute Gasteiger partial charge is 0.480 e. The summed E-state index contributed by atoms with van der Waals surface area (Å²) in [4.78, 5) is 32.5. The van der Waals surface area contributed by atoms with E-state index in [9.17, 15) is 9.59 Å². The average molecular weight is 339 g/mol. The number of rotatable bonds is 5. The Labute approximate surface area is 147 Å². The van der Waals surface area contributed by atoms with E-state index >= 15 is 0 Å². The van der Waals surface area contributed by atoms with Gasteiger partial charge < -0.3 is 9.64 Å². The van der Waals surface area contributed by atoms with E-state index in [0.717, 1.165) is 5.56 Å². The fourth-order valence-corrected chi connectivity index (χ4v) is 2.76. The normalized spacial score (nSPS) is 13.4. The molecule has 1 aromatic heterocycles. The number of ether oxygens (including phenoxy) is 1. The summed E-state index contributed by atoms with van der Waals surface area (Å²) in [5.74, 6) is 0.540. The summed E-state index contributed by atoms with van der Waals surface area (Å²) in [6, 6.07) is 13.3. The van der Waals surface area contributed by atoms with Crippen LogP contribution in [0.1, 0.15) is 19.4 Å². The number of amides is 2. The van der Waals surface area contributed by atoms with Gasteiger partial charge >= 0.3 is 0 Å². The maximum absolute atomic E-state index is 12.9. The number of benzene rings is 1. The van der Waals surface area contributed by atoms with Crippen LogP contribution in [0, 0.1) is 0 Å². The quantitative estimate of drug-likeness (QED) is 0.838. The first-order chi connectivity index (χ1) is 12.1. The molecule has 0 fully saturated rings. The van der Waals surface area contributed by atoms with Crippen molar-refractivity contribution < 1.29 is 14.3 Å². The van der Waals surface area contributed by atoms with Crippen LogP contribution >= 0.6 is 0 Å². The Balaban J connectivity index is 1.78. The molecule has 0 radical (unpaired) electrons. The first-order valence-corrected chi connectivity index (χ1v) is 8.28. The Kier molecular flexibility index (Phi) is 4.97. The van der Waals surface area contributed by atoms with Crippen molar-refractivity contribution in [3.63, 3.8) is 0 Å². The van der Waals surface area contributed by atoms with Crippen molar-refractivity contribution in [2.24, 2.45) is 0 Å². The van der Waals surface area contributed by atoms with Gasteiger partial charge in [0.2, 0.25) is 5.91 Å². The Bertz CT molecular complexity index is 762. The van der Waals surface area contributed by atoms with Gasteiger partial charge in [0.05, 0.1) is 0 Å². The molecular weight excluding hydrogens is 318 g/mol. The fourth-order valence-electron chi connectivity index (χ4n) is 2.76. The molecular formula is C19H21N3O3. The van der Waals surface area contributed by atoms with Gasteiger partial charge in [0, 0.05) is 18.8 Å². The molecule has 0 aliphatic carbocycles. The van der Waals surface area contributed by atoms with Crippen molar-refractivity contribution in [2.75, 3.05) is 18.1 Å². The molecule has 0 spiro atoms. The third kappa shape index (κ3) is 3.79. The number of carbonyl (C=O) groups is 2. The summed E-state index contributed by atoms with van der Waals surface area (Å²) in [6.07, 6.45) is 1.59. The molecule has 6 heteroatoms. The minimum Gasteiger partial charge on any atom is -0.480 e. The van der Waals surface area contributed by atoms with Crippen LogP contribution in [-0.4, -0.2) is 40.9 Å². The van der Waals surface area contributed by atoms with Gasteiger partial charge in [-0.3, -0.25) is 14.5 Å². The van der Waals surface area contributed by atoms with E-state index in [1.54, 1.807) is 23.2 Å². The molecule has 1 aromatic carbocycles. The molecule has 2 amide bonds. The smallest absolute Gasteiger partial charge is 0.266 e. The van der Waals surface area contributed by atoms with Crippen molar-refractivity contribution in [3.05, 3.63) is 54.2 Å². The van der Waals surface area contributed by atoms with Crippen LogP contribution in [0.15, 0.2) is 48.7 Å². The minimum atomic E-state index is -0.261. The van der Waals surface area contributed by atoms with E-state index in [2.05, 4.69) is 4.98 Å². The molecule has 2 aromatic rings. The molecule has 0 atom stereocenters. The number of hydrogen-bond donors (Lipinski definition) is 0. The lowest BCUT2D eigenvalue weighted by atomic mass is 10.2. The van der Waals surface area contributed by atoms with Gasteiger partial charge in [-0.25, -0.2) is 4.98 Å². The molecule has 0 bridgehead atoms. The lowest BCUT2D eigenvalue weighted by molar-refractivity contribution is -0.134. The maximum atomic E-state index is 12.9. The van der Waals surface area contributed by atoms with E-state index in [-0.39, 0.29) is 31.0 Å². The molecule has 130 valence electrons. The number of hydrogen-bond acceptors (Lipinski definition) is 4. The molecule has 1 aliphatic rings. The van der Waals surface area contributed by atoms with Crippen molar-refractivity contribution in [1.29, 1.82) is 0 Å². The number of carbonyl (C=O) groups excluding carboxylic acids is 2. The second-order valence-corrected chi connectivity index (χ2v) is 6.19. The predicted molar refractivity (Wildman–Crippen MR) is 94.2 cm³/mol. The standard InChI is InChI=1S/C19H21N3O3/c1-14(2)21(11-15-7-4-3-5-8-15)17(23)12-22-18(24)13-25-16-9-6-10-20-19(16)22/h3-10,14H,11-13H2,1-2H3. The summed E-state index contributed by atoms with van der Waals surface area (Å²) in [5, 5.41) is 0. The van der Waals surface area contributed by atoms with Gasteiger partial charge in [-0.05, 0) is 31.5 Å².